The zero-order chi connectivity index (χ0) is 18.1. The molecule has 0 aliphatic heterocycles. The molecule has 0 atom stereocenters. The maximum absolute atomic E-state index is 13.9. The van der Waals surface area contributed by atoms with Gasteiger partial charge in [-0.25, -0.2) is 13.8 Å². The Morgan fingerprint density at radius 2 is 1.73 bits per heavy atom. The number of carbonyl (C=O) groups excluding carboxylic acids is 1. The summed E-state index contributed by atoms with van der Waals surface area (Å²) in [4.78, 5) is 18.3. The van der Waals surface area contributed by atoms with Crippen LogP contribution in [0.1, 0.15) is 10.4 Å². The number of carbonyl (C=O) groups is 1. The Hall–Kier alpha value is -3.12. The van der Waals surface area contributed by atoms with Crippen molar-refractivity contribution < 1.29 is 13.6 Å². The van der Waals surface area contributed by atoms with Gasteiger partial charge >= 0.3 is 0 Å². The van der Waals surface area contributed by atoms with E-state index in [1.54, 1.807) is 24.3 Å². The number of hydrogen-bond donors (Lipinski definition) is 1. The van der Waals surface area contributed by atoms with Crippen molar-refractivity contribution in [3.63, 3.8) is 0 Å². The maximum atomic E-state index is 13.9. The number of anilines is 1. The van der Waals surface area contributed by atoms with Gasteiger partial charge in [0.05, 0.1) is 21.7 Å². The highest BCUT2D eigenvalue weighted by molar-refractivity contribution is 7.13. The number of amides is 1. The molecule has 0 aliphatic rings. The smallest absolute Gasteiger partial charge is 0.256 e. The van der Waals surface area contributed by atoms with Gasteiger partial charge in [-0.3, -0.25) is 4.79 Å². The predicted molar refractivity (Wildman–Crippen MR) is 99.4 cm³/mol. The van der Waals surface area contributed by atoms with Crippen LogP contribution in [0.5, 0.6) is 0 Å². The molecule has 0 spiro atoms. The molecule has 2 aromatic heterocycles. The van der Waals surface area contributed by atoms with E-state index in [-0.39, 0.29) is 0 Å². The first kappa shape index (κ1) is 16.4. The number of rotatable bonds is 3. The van der Waals surface area contributed by atoms with E-state index in [2.05, 4.69) is 10.3 Å². The number of aromatic nitrogens is 1. The van der Waals surface area contributed by atoms with Crippen LogP contribution in [0.3, 0.4) is 0 Å². The van der Waals surface area contributed by atoms with E-state index in [0.29, 0.717) is 22.2 Å². The molecule has 4 aromatic rings. The maximum Gasteiger partial charge on any atom is 0.256 e. The first-order chi connectivity index (χ1) is 12.6. The number of para-hydroxylation sites is 2. The van der Waals surface area contributed by atoms with Crippen molar-refractivity contribution in [1.82, 2.24) is 4.98 Å². The molecule has 0 unspecified atom stereocenters. The third-order valence-electron chi connectivity index (χ3n) is 3.94. The highest BCUT2D eigenvalue weighted by Gasteiger charge is 2.17. The summed E-state index contributed by atoms with van der Waals surface area (Å²) in [6, 6.07) is 16.0. The van der Waals surface area contributed by atoms with Gasteiger partial charge < -0.3 is 5.32 Å². The van der Waals surface area contributed by atoms with Gasteiger partial charge in [0.1, 0.15) is 17.3 Å². The third kappa shape index (κ3) is 2.95. The van der Waals surface area contributed by atoms with E-state index in [1.165, 1.54) is 17.4 Å². The van der Waals surface area contributed by atoms with Crippen LogP contribution in [0.4, 0.5) is 14.5 Å². The molecule has 1 N–H and O–H groups in total. The number of halogens is 2. The van der Waals surface area contributed by atoms with E-state index in [1.807, 2.05) is 23.6 Å². The van der Waals surface area contributed by atoms with Crippen LogP contribution in [0.15, 0.2) is 66.0 Å². The molecule has 6 heteroatoms. The normalized spacial score (nSPS) is 10.8. The van der Waals surface area contributed by atoms with Crippen LogP contribution < -0.4 is 5.32 Å². The van der Waals surface area contributed by atoms with Crippen molar-refractivity contribution in [1.29, 1.82) is 0 Å². The molecule has 0 radical (unpaired) electrons. The lowest BCUT2D eigenvalue weighted by molar-refractivity contribution is 0.102. The minimum Gasteiger partial charge on any atom is -0.317 e. The minimum absolute atomic E-state index is 0.307. The Bertz CT molecular complexity index is 1090. The van der Waals surface area contributed by atoms with Crippen molar-refractivity contribution in [2.24, 2.45) is 0 Å². The molecule has 128 valence electrons. The molecule has 0 aliphatic carbocycles. The average Bonchev–Trinajstić information content (AvgIpc) is 3.18. The SMILES string of the molecule is O=C(Nc1c(F)cccc1F)c1cc(-c2cccs2)nc2ccccc12. The molecule has 2 heterocycles. The standard InChI is InChI=1S/C20H12F2N2OS/c21-14-6-3-7-15(22)19(14)24-20(25)13-11-17(18-9-4-10-26-18)23-16-8-2-1-5-12(13)16/h1-11H,(H,24,25). The number of nitrogens with one attached hydrogen (secondary N) is 1. The van der Waals surface area contributed by atoms with Gasteiger partial charge in [0, 0.05) is 5.39 Å². The Balaban J connectivity index is 1.83. The molecule has 3 nitrogen and oxygen atoms in total. The van der Waals surface area contributed by atoms with Gasteiger partial charge in [0.2, 0.25) is 0 Å². The molecular formula is C20H12F2N2OS. The summed E-state index contributed by atoms with van der Waals surface area (Å²) >= 11 is 1.50. The molecule has 0 fully saturated rings. The first-order valence-corrected chi connectivity index (χ1v) is 8.70. The van der Waals surface area contributed by atoms with Crippen LogP contribution in [-0.4, -0.2) is 10.9 Å². The quantitative estimate of drug-likeness (QED) is 0.521. The Kier molecular flexibility index (Phi) is 4.18. The fourth-order valence-corrected chi connectivity index (χ4v) is 3.40. The van der Waals surface area contributed by atoms with Crippen molar-refractivity contribution in [3.05, 3.63) is 83.2 Å². The lowest BCUT2D eigenvalue weighted by Gasteiger charge is -2.11. The fraction of sp³-hybridized carbons (Fsp3) is 0. The van der Waals surface area contributed by atoms with Crippen LogP contribution in [0.2, 0.25) is 0 Å². The summed E-state index contributed by atoms with van der Waals surface area (Å²) in [5.74, 6) is -2.24. The summed E-state index contributed by atoms with van der Waals surface area (Å²) in [5, 5.41) is 4.88. The largest absolute Gasteiger partial charge is 0.317 e. The number of benzene rings is 2. The average molecular weight is 366 g/mol. The van der Waals surface area contributed by atoms with Crippen LogP contribution in [0, 0.1) is 11.6 Å². The first-order valence-electron chi connectivity index (χ1n) is 7.82. The number of nitrogens with zero attached hydrogens (tertiary/aromatic N) is 1. The highest BCUT2D eigenvalue weighted by atomic mass is 32.1. The molecule has 2 aromatic carbocycles. The topological polar surface area (TPSA) is 42.0 Å². The fourth-order valence-electron chi connectivity index (χ4n) is 2.71. The second kappa shape index (κ2) is 6.65. The number of fused-ring (bicyclic) bond motifs is 1. The van der Waals surface area contributed by atoms with Crippen LogP contribution in [-0.2, 0) is 0 Å². The number of pyridine rings is 1. The number of hydrogen-bond acceptors (Lipinski definition) is 3. The van der Waals surface area contributed by atoms with E-state index >= 15 is 0 Å². The summed E-state index contributed by atoms with van der Waals surface area (Å²) in [5.41, 5.74) is 1.12. The molecule has 0 saturated heterocycles. The zero-order valence-electron chi connectivity index (χ0n) is 13.4. The second-order valence-electron chi connectivity index (χ2n) is 5.60. The molecule has 26 heavy (non-hydrogen) atoms. The molecule has 0 bridgehead atoms. The molecule has 4 rings (SSSR count). The van der Waals surface area contributed by atoms with Gasteiger partial charge in [-0.15, -0.1) is 11.3 Å². The van der Waals surface area contributed by atoms with E-state index in [9.17, 15) is 13.6 Å². The van der Waals surface area contributed by atoms with E-state index in [0.717, 1.165) is 17.0 Å². The van der Waals surface area contributed by atoms with Crippen molar-refractivity contribution in [2.45, 2.75) is 0 Å². The van der Waals surface area contributed by atoms with Crippen molar-refractivity contribution >= 4 is 33.8 Å². The van der Waals surface area contributed by atoms with Crippen LogP contribution in [0.25, 0.3) is 21.5 Å². The monoisotopic (exact) mass is 366 g/mol. The summed E-state index contributed by atoms with van der Waals surface area (Å²) in [7, 11) is 0. The summed E-state index contributed by atoms with van der Waals surface area (Å²) in [6.45, 7) is 0. The predicted octanol–water partition coefficient (Wildman–Crippen LogP) is 5.49. The Labute approximate surface area is 151 Å². The van der Waals surface area contributed by atoms with Gasteiger partial charge in [-0.2, -0.15) is 0 Å². The number of thiophene rings is 1. The lowest BCUT2D eigenvalue weighted by Crippen LogP contribution is -2.15. The summed E-state index contributed by atoms with van der Waals surface area (Å²) < 4.78 is 27.8. The highest BCUT2D eigenvalue weighted by Crippen LogP contribution is 2.29. The van der Waals surface area contributed by atoms with E-state index < -0.39 is 23.2 Å². The molecule has 0 saturated carbocycles. The van der Waals surface area contributed by atoms with Crippen molar-refractivity contribution in [2.75, 3.05) is 5.32 Å². The minimum atomic E-state index is -0.824. The van der Waals surface area contributed by atoms with Gasteiger partial charge in [-0.1, -0.05) is 30.3 Å². The lowest BCUT2D eigenvalue weighted by atomic mass is 10.1. The van der Waals surface area contributed by atoms with Gasteiger partial charge in [0.15, 0.2) is 0 Å². The molecular weight excluding hydrogens is 354 g/mol. The van der Waals surface area contributed by atoms with Gasteiger partial charge in [-0.05, 0) is 35.7 Å². The Morgan fingerprint density at radius 3 is 2.46 bits per heavy atom. The summed E-state index contributed by atoms with van der Waals surface area (Å²) in [6.07, 6.45) is 0. The zero-order valence-corrected chi connectivity index (χ0v) is 14.2. The second-order valence-corrected chi connectivity index (χ2v) is 6.55. The third-order valence-corrected chi connectivity index (χ3v) is 4.83. The van der Waals surface area contributed by atoms with Gasteiger partial charge in [0.25, 0.3) is 5.91 Å². The van der Waals surface area contributed by atoms with Crippen LogP contribution >= 0.6 is 11.3 Å². The molecule has 1 amide bonds. The van der Waals surface area contributed by atoms with Crippen molar-refractivity contribution in [3.8, 4) is 10.6 Å². The Morgan fingerprint density at radius 1 is 0.962 bits per heavy atom. The van der Waals surface area contributed by atoms with E-state index in [4.69, 9.17) is 0 Å².